The lowest BCUT2D eigenvalue weighted by atomic mass is 9.86. The lowest BCUT2D eigenvalue weighted by molar-refractivity contribution is -0.257. The van der Waals surface area contributed by atoms with Crippen LogP contribution in [0.4, 0.5) is 4.79 Å². The van der Waals surface area contributed by atoms with Crippen LogP contribution in [-0.4, -0.2) is 74.2 Å². The number of carbonyl (C=O) groups is 3. The monoisotopic (exact) mass is 414 g/mol. The Morgan fingerprint density at radius 1 is 1.00 bits per heavy atom. The molecule has 0 aromatic heterocycles. The van der Waals surface area contributed by atoms with Crippen molar-refractivity contribution in [2.24, 2.45) is 5.92 Å². The first-order valence-corrected chi connectivity index (χ1v) is 10.4. The molecule has 2 aliphatic rings. The quantitative estimate of drug-likeness (QED) is 0.244. The highest BCUT2D eigenvalue weighted by Crippen LogP contribution is 2.29. The minimum absolute atomic E-state index is 0.00284. The Kier molecular flexibility index (Phi) is 10.2. The van der Waals surface area contributed by atoms with Crippen LogP contribution < -0.4 is 21.3 Å². The summed E-state index contributed by atoms with van der Waals surface area (Å²) in [5.74, 6) is -0.0716. The van der Waals surface area contributed by atoms with Gasteiger partial charge < -0.3 is 35.8 Å². The molecule has 10 nitrogen and oxygen atoms in total. The lowest BCUT2D eigenvalue weighted by Gasteiger charge is -2.36. The molecule has 3 atom stereocenters. The lowest BCUT2D eigenvalue weighted by Crippen LogP contribution is -2.44. The van der Waals surface area contributed by atoms with Gasteiger partial charge in [0.2, 0.25) is 12.3 Å². The predicted molar refractivity (Wildman–Crippen MR) is 105 cm³/mol. The fourth-order valence-corrected chi connectivity index (χ4v) is 3.58. The Morgan fingerprint density at radius 2 is 1.66 bits per heavy atom. The van der Waals surface area contributed by atoms with Crippen LogP contribution in [0.3, 0.4) is 0 Å². The second-order valence-corrected chi connectivity index (χ2v) is 7.62. The molecule has 2 fully saturated rings. The van der Waals surface area contributed by atoms with Gasteiger partial charge in [-0.15, -0.1) is 0 Å². The van der Waals surface area contributed by atoms with Gasteiger partial charge in [-0.3, -0.25) is 9.59 Å². The molecule has 166 valence electrons. The number of nitrogens with one attached hydrogen (secondary N) is 4. The van der Waals surface area contributed by atoms with Crippen molar-refractivity contribution in [1.29, 1.82) is 0 Å². The molecule has 1 aliphatic heterocycles. The molecule has 4 amide bonds. The summed E-state index contributed by atoms with van der Waals surface area (Å²) in [6.45, 7) is 3.36. The minimum atomic E-state index is -0.585. The summed E-state index contributed by atoms with van der Waals surface area (Å²) in [7, 11) is 0. The average molecular weight is 415 g/mol. The van der Waals surface area contributed by atoms with E-state index in [4.69, 9.17) is 9.47 Å². The summed E-state index contributed by atoms with van der Waals surface area (Å²) >= 11 is 0. The molecule has 0 bridgehead atoms. The highest BCUT2D eigenvalue weighted by molar-refractivity contribution is 5.79. The van der Waals surface area contributed by atoms with Gasteiger partial charge in [-0.25, -0.2) is 4.79 Å². The number of urea groups is 1. The van der Waals surface area contributed by atoms with Gasteiger partial charge >= 0.3 is 6.03 Å². The number of ether oxygens (including phenoxy) is 2. The Hall–Kier alpha value is -1.91. The van der Waals surface area contributed by atoms with E-state index in [-0.39, 0.29) is 30.1 Å². The maximum atomic E-state index is 12.3. The third-order valence-corrected chi connectivity index (χ3v) is 5.27. The SMILES string of the molecule is C[C@H]1CC[C@H](O)[C@H](O[C@H]2CC[C@H](C(=O)NCCNC(=O)NCCNC=O)CC2)O1. The maximum Gasteiger partial charge on any atom is 0.314 e. The van der Waals surface area contributed by atoms with E-state index in [1.165, 1.54) is 0 Å². The molecule has 10 heteroatoms. The summed E-state index contributed by atoms with van der Waals surface area (Å²) in [5.41, 5.74) is 0. The summed E-state index contributed by atoms with van der Waals surface area (Å²) in [6.07, 6.45) is 4.01. The van der Waals surface area contributed by atoms with Crippen LogP contribution in [0.25, 0.3) is 0 Å². The van der Waals surface area contributed by atoms with Gasteiger partial charge in [-0.2, -0.15) is 0 Å². The van der Waals surface area contributed by atoms with Gasteiger partial charge in [0, 0.05) is 32.1 Å². The van der Waals surface area contributed by atoms with Gasteiger partial charge in [0.05, 0.1) is 12.2 Å². The highest BCUT2D eigenvalue weighted by Gasteiger charge is 2.33. The molecule has 1 heterocycles. The standard InChI is InChI=1S/C19H34N4O6/c1-13-2-7-16(25)18(28-13)29-15-5-3-14(4-6-15)17(26)21-10-11-23-19(27)22-9-8-20-12-24/h12-16,18,25H,2-11H2,1H3,(H,20,24)(H,21,26)(H2,22,23,27)/t13-,14-,15-,16-,18-/m0/s1. The number of carbonyl (C=O) groups excluding carboxylic acids is 3. The van der Waals surface area contributed by atoms with Crippen molar-refractivity contribution in [3.8, 4) is 0 Å². The zero-order valence-electron chi connectivity index (χ0n) is 17.0. The van der Waals surface area contributed by atoms with Gasteiger partial charge in [0.1, 0.15) is 6.10 Å². The van der Waals surface area contributed by atoms with E-state index in [2.05, 4.69) is 21.3 Å². The van der Waals surface area contributed by atoms with Crippen molar-refractivity contribution in [2.75, 3.05) is 26.2 Å². The Bertz CT molecular complexity index is 527. The predicted octanol–water partition coefficient (Wildman–Crippen LogP) is -0.391. The van der Waals surface area contributed by atoms with Crippen molar-refractivity contribution < 1.29 is 29.0 Å². The molecular weight excluding hydrogens is 380 g/mol. The van der Waals surface area contributed by atoms with Crippen molar-refractivity contribution in [1.82, 2.24) is 21.3 Å². The third-order valence-electron chi connectivity index (χ3n) is 5.27. The molecule has 29 heavy (non-hydrogen) atoms. The van der Waals surface area contributed by atoms with Gasteiger partial charge in [-0.1, -0.05) is 0 Å². The Labute approximate surface area is 171 Å². The Balaban J connectivity index is 1.55. The molecule has 0 radical (unpaired) electrons. The van der Waals surface area contributed by atoms with Gasteiger partial charge in [0.15, 0.2) is 6.29 Å². The maximum absolute atomic E-state index is 12.3. The number of aliphatic hydroxyl groups is 1. The smallest absolute Gasteiger partial charge is 0.314 e. The number of aliphatic hydroxyl groups excluding tert-OH is 1. The zero-order valence-corrected chi connectivity index (χ0v) is 17.0. The summed E-state index contributed by atoms with van der Waals surface area (Å²) in [4.78, 5) is 33.9. The summed E-state index contributed by atoms with van der Waals surface area (Å²) in [6, 6.07) is -0.342. The van der Waals surface area contributed by atoms with Crippen molar-refractivity contribution >= 4 is 18.3 Å². The first-order chi connectivity index (χ1) is 14.0. The van der Waals surface area contributed by atoms with Crippen LogP contribution in [0, 0.1) is 5.92 Å². The van der Waals surface area contributed by atoms with Crippen LogP contribution in [-0.2, 0) is 19.1 Å². The molecule has 2 rings (SSSR count). The normalized spacial score (nSPS) is 29.5. The first kappa shape index (κ1) is 23.4. The molecule has 0 aromatic carbocycles. The van der Waals surface area contributed by atoms with E-state index in [9.17, 15) is 19.5 Å². The van der Waals surface area contributed by atoms with E-state index >= 15 is 0 Å². The largest absolute Gasteiger partial charge is 0.388 e. The fraction of sp³-hybridized carbons (Fsp3) is 0.842. The minimum Gasteiger partial charge on any atom is -0.388 e. The zero-order chi connectivity index (χ0) is 21.1. The molecule has 0 unspecified atom stereocenters. The first-order valence-electron chi connectivity index (χ1n) is 10.4. The summed E-state index contributed by atoms with van der Waals surface area (Å²) < 4.78 is 11.6. The van der Waals surface area contributed by atoms with E-state index in [0.717, 1.165) is 32.1 Å². The van der Waals surface area contributed by atoms with Crippen LogP contribution in [0.5, 0.6) is 0 Å². The van der Waals surface area contributed by atoms with E-state index in [0.29, 0.717) is 39.0 Å². The van der Waals surface area contributed by atoms with Crippen molar-refractivity contribution in [2.45, 2.75) is 70.1 Å². The van der Waals surface area contributed by atoms with Crippen LogP contribution in [0.15, 0.2) is 0 Å². The molecule has 5 N–H and O–H groups in total. The molecule has 0 aromatic rings. The van der Waals surface area contributed by atoms with E-state index in [1.807, 2.05) is 6.92 Å². The number of rotatable bonds is 10. The van der Waals surface area contributed by atoms with Gasteiger partial charge in [-0.05, 0) is 45.4 Å². The van der Waals surface area contributed by atoms with Crippen LogP contribution in [0.2, 0.25) is 0 Å². The molecular formula is C19H34N4O6. The van der Waals surface area contributed by atoms with Gasteiger partial charge in [0.25, 0.3) is 0 Å². The van der Waals surface area contributed by atoms with E-state index in [1.54, 1.807) is 0 Å². The second kappa shape index (κ2) is 12.6. The third kappa shape index (κ3) is 8.55. The number of hydrogen-bond donors (Lipinski definition) is 5. The van der Waals surface area contributed by atoms with Crippen molar-refractivity contribution in [3.63, 3.8) is 0 Å². The average Bonchev–Trinajstić information content (AvgIpc) is 2.71. The topological polar surface area (TPSA) is 138 Å². The number of amides is 4. The van der Waals surface area contributed by atoms with Crippen molar-refractivity contribution in [3.05, 3.63) is 0 Å². The number of hydrogen-bond acceptors (Lipinski definition) is 6. The molecule has 1 saturated carbocycles. The highest BCUT2D eigenvalue weighted by atomic mass is 16.7. The molecule has 1 aliphatic carbocycles. The van der Waals surface area contributed by atoms with Crippen LogP contribution in [0.1, 0.15) is 45.4 Å². The molecule has 0 spiro atoms. The van der Waals surface area contributed by atoms with E-state index < -0.39 is 12.4 Å². The second-order valence-electron chi connectivity index (χ2n) is 7.62. The fourth-order valence-electron chi connectivity index (χ4n) is 3.58. The molecule has 1 saturated heterocycles. The van der Waals surface area contributed by atoms with Crippen LogP contribution >= 0.6 is 0 Å². The Morgan fingerprint density at radius 3 is 2.34 bits per heavy atom. The summed E-state index contributed by atoms with van der Waals surface area (Å²) in [5, 5.41) is 20.5.